The Hall–Kier alpha value is -1.42. The maximum absolute atomic E-state index is 5.42. The van der Waals surface area contributed by atoms with Crippen molar-refractivity contribution in [3.05, 3.63) is 24.4 Å². The molecule has 4 nitrogen and oxygen atoms in total. The molecule has 0 fully saturated rings. The summed E-state index contributed by atoms with van der Waals surface area (Å²) in [4.78, 5) is 8.00. The lowest BCUT2D eigenvalue weighted by Gasteiger charge is -1.93. The Morgan fingerprint density at radius 1 is 1.45 bits per heavy atom. The molecule has 0 saturated heterocycles. The summed E-state index contributed by atoms with van der Waals surface area (Å²) in [6, 6.07) is 1.79. The van der Waals surface area contributed by atoms with E-state index in [9.17, 15) is 0 Å². The van der Waals surface area contributed by atoms with Crippen LogP contribution in [0.15, 0.2) is 23.1 Å². The summed E-state index contributed by atoms with van der Waals surface area (Å²) in [6.07, 6.45) is 3.07. The number of nitrogens with two attached hydrogens (primary N) is 1. The third-order valence-electron chi connectivity index (χ3n) is 1.51. The van der Waals surface area contributed by atoms with Crippen LogP contribution in [0, 0.1) is 0 Å². The second-order valence-electron chi connectivity index (χ2n) is 2.16. The number of hydrogen-bond acceptors (Lipinski definition) is 4. The van der Waals surface area contributed by atoms with E-state index in [1.165, 1.54) is 6.39 Å². The summed E-state index contributed by atoms with van der Waals surface area (Å²) in [6.45, 7) is 0.381. The van der Waals surface area contributed by atoms with E-state index in [2.05, 4.69) is 9.97 Å². The molecule has 2 heterocycles. The van der Waals surface area contributed by atoms with E-state index in [0.29, 0.717) is 12.1 Å². The van der Waals surface area contributed by atoms with Crippen LogP contribution in [0.2, 0.25) is 0 Å². The van der Waals surface area contributed by atoms with Crippen LogP contribution in [-0.2, 0) is 6.54 Å². The minimum Gasteiger partial charge on any atom is -0.441 e. The second-order valence-corrected chi connectivity index (χ2v) is 2.16. The van der Waals surface area contributed by atoms with Crippen molar-refractivity contribution in [2.24, 2.45) is 5.73 Å². The monoisotopic (exact) mass is 149 g/mol. The number of hydrogen-bond donors (Lipinski definition) is 1. The average Bonchev–Trinajstić information content (AvgIpc) is 2.50. The van der Waals surface area contributed by atoms with E-state index in [1.54, 1.807) is 12.3 Å². The van der Waals surface area contributed by atoms with Crippen LogP contribution in [0.3, 0.4) is 0 Å². The topological polar surface area (TPSA) is 64.9 Å². The Kier molecular flexibility index (Phi) is 1.33. The summed E-state index contributed by atoms with van der Waals surface area (Å²) in [5, 5.41) is 0. The van der Waals surface area contributed by atoms with Crippen LogP contribution >= 0.6 is 0 Å². The van der Waals surface area contributed by atoms with Gasteiger partial charge in [-0.15, -0.1) is 0 Å². The molecule has 0 unspecified atom stereocenters. The Morgan fingerprint density at radius 2 is 2.36 bits per heavy atom. The minimum atomic E-state index is 0.381. The van der Waals surface area contributed by atoms with Gasteiger partial charge in [-0.05, 0) is 6.07 Å². The molecule has 2 aromatic heterocycles. The lowest BCUT2D eigenvalue weighted by Crippen LogP contribution is -1.98. The van der Waals surface area contributed by atoms with Crippen LogP contribution in [-0.4, -0.2) is 9.97 Å². The fraction of sp³-hybridized carbons (Fsp3) is 0.143. The molecule has 11 heavy (non-hydrogen) atoms. The largest absolute Gasteiger partial charge is 0.441 e. The van der Waals surface area contributed by atoms with Gasteiger partial charge >= 0.3 is 0 Å². The summed E-state index contributed by atoms with van der Waals surface area (Å²) in [7, 11) is 0. The van der Waals surface area contributed by atoms with E-state index in [4.69, 9.17) is 10.2 Å². The second kappa shape index (κ2) is 2.32. The lowest BCUT2D eigenvalue weighted by atomic mass is 10.3. The molecule has 0 atom stereocenters. The Bertz CT molecular complexity index is 368. The number of rotatable bonds is 1. The van der Waals surface area contributed by atoms with Crippen LogP contribution in [0.25, 0.3) is 11.1 Å². The van der Waals surface area contributed by atoms with Crippen molar-refractivity contribution >= 4 is 11.1 Å². The fourth-order valence-electron chi connectivity index (χ4n) is 0.991. The van der Waals surface area contributed by atoms with Gasteiger partial charge in [0, 0.05) is 12.7 Å². The predicted molar refractivity (Wildman–Crippen MR) is 39.7 cm³/mol. The zero-order chi connectivity index (χ0) is 7.68. The summed E-state index contributed by atoms with van der Waals surface area (Å²) in [5.41, 5.74) is 7.67. The van der Waals surface area contributed by atoms with Crippen molar-refractivity contribution in [2.45, 2.75) is 6.54 Å². The molecule has 2 N–H and O–H groups in total. The van der Waals surface area contributed by atoms with Crippen molar-refractivity contribution in [2.75, 3.05) is 0 Å². The van der Waals surface area contributed by atoms with E-state index in [-0.39, 0.29) is 0 Å². The molecule has 2 rings (SSSR count). The van der Waals surface area contributed by atoms with E-state index >= 15 is 0 Å². The Morgan fingerprint density at radius 3 is 3.18 bits per heavy atom. The SMILES string of the molecule is NCc1nccc2ncoc12. The van der Waals surface area contributed by atoms with Crippen molar-refractivity contribution in [3.63, 3.8) is 0 Å². The maximum Gasteiger partial charge on any atom is 0.182 e. The van der Waals surface area contributed by atoms with Crippen LogP contribution < -0.4 is 5.73 Å². The summed E-state index contributed by atoms with van der Waals surface area (Å²) >= 11 is 0. The number of fused-ring (bicyclic) bond motifs is 1. The van der Waals surface area contributed by atoms with Crippen molar-refractivity contribution in [3.8, 4) is 0 Å². The molecule has 4 heteroatoms. The van der Waals surface area contributed by atoms with Crippen LogP contribution in [0.1, 0.15) is 5.69 Å². The van der Waals surface area contributed by atoms with Gasteiger partial charge in [0.1, 0.15) is 5.52 Å². The number of nitrogens with zero attached hydrogens (tertiary/aromatic N) is 2. The molecular formula is C7H7N3O. The molecular weight excluding hydrogens is 142 g/mol. The van der Waals surface area contributed by atoms with Gasteiger partial charge in [-0.25, -0.2) is 4.98 Å². The van der Waals surface area contributed by atoms with Gasteiger partial charge in [0.2, 0.25) is 0 Å². The van der Waals surface area contributed by atoms with Crippen LogP contribution in [0.4, 0.5) is 0 Å². The first-order valence-corrected chi connectivity index (χ1v) is 3.29. The van der Waals surface area contributed by atoms with Gasteiger partial charge in [-0.2, -0.15) is 0 Å². The van der Waals surface area contributed by atoms with Gasteiger partial charge in [-0.3, -0.25) is 4.98 Å². The molecule has 56 valence electrons. The fourth-order valence-corrected chi connectivity index (χ4v) is 0.991. The molecule has 0 spiro atoms. The van der Waals surface area contributed by atoms with E-state index in [0.717, 1.165) is 11.2 Å². The van der Waals surface area contributed by atoms with E-state index < -0.39 is 0 Å². The number of aromatic nitrogens is 2. The van der Waals surface area contributed by atoms with Gasteiger partial charge in [-0.1, -0.05) is 0 Å². The highest BCUT2D eigenvalue weighted by molar-refractivity contribution is 5.73. The number of oxazole rings is 1. The third-order valence-corrected chi connectivity index (χ3v) is 1.51. The zero-order valence-corrected chi connectivity index (χ0v) is 5.82. The first-order chi connectivity index (χ1) is 5.42. The Labute approximate surface area is 63.1 Å². The summed E-state index contributed by atoms with van der Waals surface area (Å²) in [5.74, 6) is 0. The van der Waals surface area contributed by atoms with E-state index in [1.807, 2.05) is 0 Å². The molecule has 0 saturated carbocycles. The molecule has 0 aliphatic carbocycles. The molecule has 0 aliphatic rings. The Balaban J connectivity index is 2.79. The third kappa shape index (κ3) is 0.877. The van der Waals surface area contributed by atoms with Gasteiger partial charge in [0.15, 0.2) is 12.0 Å². The van der Waals surface area contributed by atoms with Gasteiger partial charge in [0.05, 0.1) is 5.69 Å². The summed E-state index contributed by atoms with van der Waals surface area (Å²) < 4.78 is 5.09. The molecule has 0 aromatic carbocycles. The zero-order valence-electron chi connectivity index (χ0n) is 5.82. The lowest BCUT2D eigenvalue weighted by molar-refractivity contribution is 0.595. The van der Waals surface area contributed by atoms with Crippen molar-refractivity contribution in [1.82, 2.24) is 9.97 Å². The number of pyridine rings is 1. The van der Waals surface area contributed by atoms with Gasteiger partial charge in [0.25, 0.3) is 0 Å². The highest BCUT2D eigenvalue weighted by atomic mass is 16.3. The minimum absolute atomic E-state index is 0.381. The predicted octanol–water partition coefficient (Wildman–Crippen LogP) is 0.681. The average molecular weight is 149 g/mol. The van der Waals surface area contributed by atoms with Crippen LogP contribution in [0.5, 0.6) is 0 Å². The first-order valence-electron chi connectivity index (χ1n) is 3.29. The quantitative estimate of drug-likeness (QED) is 0.647. The highest BCUT2D eigenvalue weighted by Gasteiger charge is 2.03. The van der Waals surface area contributed by atoms with Gasteiger partial charge < -0.3 is 10.2 Å². The smallest absolute Gasteiger partial charge is 0.182 e. The molecule has 0 amide bonds. The molecule has 0 bridgehead atoms. The molecule has 2 aromatic rings. The highest BCUT2D eigenvalue weighted by Crippen LogP contribution is 2.13. The molecule has 0 aliphatic heterocycles. The maximum atomic E-state index is 5.42. The molecule has 0 radical (unpaired) electrons. The normalized spacial score (nSPS) is 10.6. The first kappa shape index (κ1) is 6.30. The van der Waals surface area contributed by atoms with Crippen molar-refractivity contribution < 1.29 is 4.42 Å². The van der Waals surface area contributed by atoms with Crippen molar-refractivity contribution in [1.29, 1.82) is 0 Å². The standard InChI is InChI=1S/C7H7N3O/c8-3-6-7-5(1-2-9-6)10-4-11-7/h1-2,4H,3,8H2.